The molecular formula is C24H24N2O. The maximum absolute atomic E-state index is 5.69. The lowest BCUT2D eigenvalue weighted by atomic mass is 9.94. The van der Waals surface area contributed by atoms with Crippen molar-refractivity contribution in [3.8, 4) is 5.75 Å². The summed E-state index contributed by atoms with van der Waals surface area (Å²) in [6.45, 7) is 4.26. The number of aromatic amines is 1. The molecule has 0 bridgehead atoms. The van der Waals surface area contributed by atoms with E-state index in [-0.39, 0.29) is 6.04 Å². The summed E-state index contributed by atoms with van der Waals surface area (Å²) in [5.41, 5.74) is 7.02. The van der Waals surface area contributed by atoms with Gasteiger partial charge in [0.05, 0.1) is 13.2 Å². The predicted octanol–water partition coefficient (Wildman–Crippen LogP) is 5.99. The van der Waals surface area contributed by atoms with Gasteiger partial charge in [0.25, 0.3) is 0 Å². The summed E-state index contributed by atoms with van der Waals surface area (Å²) in [6.07, 6.45) is 0. The Labute approximate surface area is 160 Å². The van der Waals surface area contributed by atoms with Crippen LogP contribution in [-0.2, 0) is 0 Å². The summed E-state index contributed by atoms with van der Waals surface area (Å²) in [4.78, 5) is 3.53. The molecule has 2 N–H and O–H groups in total. The summed E-state index contributed by atoms with van der Waals surface area (Å²) < 4.78 is 5.69. The first-order chi connectivity index (χ1) is 13.2. The molecule has 0 radical (unpaired) electrons. The van der Waals surface area contributed by atoms with E-state index >= 15 is 0 Å². The highest BCUT2D eigenvalue weighted by molar-refractivity contribution is 5.86. The highest BCUT2D eigenvalue weighted by Crippen LogP contribution is 2.38. The number of rotatable bonds is 5. The number of anilines is 1. The molecule has 1 atom stereocenters. The molecular weight excluding hydrogens is 332 g/mol. The molecule has 0 amide bonds. The summed E-state index contributed by atoms with van der Waals surface area (Å²) in [5, 5.41) is 5.00. The van der Waals surface area contributed by atoms with Crippen molar-refractivity contribution in [2.45, 2.75) is 19.9 Å². The van der Waals surface area contributed by atoms with E-state index in [2.05, 4.69) is 84.8 Å². The fourth-order valence-corrected chi connectivity index (χ4v) is 3.77. The van der Waals surface area contributed by atoms with Gasteiger partial charge in [-0.2, -0.15) is 0 Å². The number of benzene rings is 3. The van der Waals surface area contributed by atoms with Crippen LogP contribution in [0.2, 0.25) is 0 Å². The van der Waals surface area contributed by atoms with Gasteiger partial charge in [0.1, 0.15) is 5.75 Å². The van der Waals surface area contributed by atoms with E-state index in [9.17, 15) is 0 Å². The van der Waals surface area contributed by atoms with Crippen LogP contribution in [0.5, 0.6) is 5.75 Å². The Kier molecular flexibility index (Phi) is 4.59. The molecule has 3 heteroatoms. The van der Waals surface area contributed by atoms with E-state index in [4.69, 9.17) is 4.74 Å². The van der Waals surface area contributed by atoms with Gasteiger partial charge in [0.2, 0.25) is 0 Å². The van der Waals surface area contributed by atoms with Crippen LogP contribution in [0.3, 0.4) is 0 Å². The molecule has 0 aliphatic rings. The van der Waals surface area contributed by atoms with Crippen molar-refractivity contribution in [1.29, 1.82) is 0 Å². The molecule has 3 aromatic carbocycles. The molecule has 1 unspecified atom stereocenters. The molecule has 4 aromatic rings. The summed E-state index contributed by atoms with van der Waals surface area (Å²) in [5.74, 6) is 0.883. The lowest BCUT2D eigenvalue weighted by Gasteiger charge is -2.24. The molecule has 136 valence electrons. The van der Waals surface area contributed by atoms with Crippen LogP contribution in [0.25, 0.3) is 10.9 Å². The number of fused-ring (bicyclic) bond motifs is 1. The van der Waals surface area contributed by atoms with Crippen molar-refractivity contribution in [1.82, 2.24) is 4.98 Å². The zero-order valence-corrected chi connectivity index (χ0v) is 15.9. The topological polar surface area (TPSA) is 37.0 Å². The van der Waals surface area contributed by atoms with E-state index in [1.807, 2.05) is 12.1 Å². The average Bonchev–Trinajstić information content (AvgIpc) is 3.03. The second-order valence-electron chi connectivity index (χ2n) is 6.84. The van der Waals surface area contributed by atoms with Crippen molar-refractivity contribution in [3.05, 3.63) is 95.2 Å². The lowest BCUT2D eigenvalue weighted by Crippen LogP contribution is -2.15. The monoisotopic (exact) mass is 356 g/mol. The predicted molar refractivity (Wildman–Crippen MR) is 113 cm³/mol. The highest BCUT2D eigenvalue weighted by Gasteiger charge is 2.24. The molecule has 0 saturated carbocycles. The number of para-hydroxylation sites is 3. The Morgan fingerprint density at radius 1 is 0.852 bits per heavy atom. The smallest absolute Gasteiger partial charge is 0.124 e. The van der Waals surface area contributed by atoms with Crippen LogP contribution in [0.4, 0.5) is 5.69 Å². The number of ether oxygens (including phenoxy) is 1. The van der Waals surface area contributed by atoms with Crippen molar-refractivity contribution in [2.24, 2.45) is 0 Å². The minimum atomic E-state index is -0.0293. The number of nitrogens with one attached hydrogen (secondary N) is 2. The number of H-pyrrole nitrogens is 1. The molecule has 0 spiro atoms. The number of aromatic nitrogens is 1. The second kappa shape index (κ2) is 7.20. The molecule has 3 nitrogen and oxygen atoms in total. The zero-order chi connectivity index (χ0) is 18.8. The fraction of sp³-hybridized carbons (Fsp3) is 0.167. The van der Waals surface area contributed by atoms with Gasteiger partial charge in [0.15, 0.2) is 0 Å². The van der Waals surface area contributed by atoms with Crippen LogP contribution < -0.4 is 10.1 Å². The Balaban J connectivity index is 1.93. The average molecular weight is 356 g/mol. The molecule has 0 aliphatic heterocycles. The van der Waals surface area contributed by atoms with Gasteiger partial charge < -0.3 is 15.0 Å². The zero-order valence-electron chi connectivity index (χ0n) is 15.9. The molecule has 1 heterocycles. The van der Waals surface area contributed by atoms with Crippen LogP contribution in [0, 0.1) is 13.8 Å². The van der Waals surface area contributed by atoms with Crippen molar-refractivity contribution in [2.75, 3.05) is 12.4 Å². The summed E-state index contributed by atoms with van der Waals surface area (Å²) in [6, 6.07) is 25.0. The van der Waals surface area contributed by atoms with Gasteiger partial charge >= 0.3 is 0 Å². The summed E-state index contributed by atoms with van der Waals surface area (Å²) in [7, 11) is 1.73. The minimum absolute atomic E-state index is 0.0293. The SMILES string of the molecule is COc1ccccc1C(Nc1ccccc1C)c1c(C)[nH]c2ccccc12. The number of hydrogen-bond acceptors (Lipinski definition) is 2. The van der Waals surface area contributed by atoms with Gasteiger partial charge in [-0.3, -0.25) is 0 Å². The maximum atomic E-state index is 5.69. The first kappa shape index (κ1) is 17.2. The van der Waals surface area contributed by atoms with Gasteiger partial charge in [0, 0.05) is 33.4 Å². The number of aryl methyl sites for hydroxylation is 2. The number of hydrogen-bond donors (Lipinski definition) is 2. The van der Waals surface area contributed by atoms with Gasteiger partial charge in [-0.05, 0) is 37.6 Å². The normalized spacial score (nSPS) is 12.1. The van der Waals surface area contributed by atoms with Crippen molar-refractivity contribution >= 4 is 16.6 Å². The third-order valence-electron chi connectivity index (χ3n) is 5.13. The summed E-state index contributed by atoms with van der Waals surface area (Å²) >= 11 is 0. The van der Waals surface area contributed by atoms with Gasteiger partial charge in [-0.1, -0.05) is 54.6 Å². The maximum Gasteiger partial charge on any atom is 0.124 e. The van der Waals surface area contributed by atoms with Crippen LogP contribution in [0.1, 0.15) is 28.4 Å². The third kappa shape index (κ3) is 3.17. The number of methoxy groups -OCH3 is 1. The molecule has 0 aliphatic carbocycles. The van der Waals surface area contributed by atoms with E-state index < -0.39 is 0 Å². The van der Waals surface area contributed by atoms with Gasteiger partial charge in [-0.15, -0.1) is 0 Å². The van der Waals surface area contributed by atoms with Gasteiger partial charge in [-0.25, -0.2) is 0 Å². The standard InChI is InChI=1S/C24H24N2O/c1-16-10-4-7-13-20(16)26-24(19-12-6-9-15-22(19)27-3)23-17(2)25-21-14-8-5-11-18(21)23/h4-15,24-26H,1-3H3. The van der Waals surface area contributed by atoms with Crippen LogP contribution in [0.15, 0.2) is 72.8 Å². The Morgan fingerprint density at radius 2 is 1.56 bits per heavy atom. The van der Waals surface area contributed by atoms with E-state index in [1.54, 1.807) is 7.11 Å². The molecule has 0 fully saturated rings. The first-order valence-electron chi connectivity index (χ1n) is 9.21. The third-order valence-corrected chi connectivity index (χ3v) is 5.13. The largest absolute Gasteiger partial charge is 0.496 e. The van der Waals surface area contributed by atoms with Crippen molar-refractivity contribution < 1.29 is 4.74 Å². The Morgan fingerprint density at radius 3 is 2.37 bits per heavy atom. The Bertz CT molecular complexity index is 1080. The molecule has 1 aromatic heterocycles. The molecule has 0 saturated heterocycles. The minimum Gasteiger partial charge on any atom is -0.496 e. The van der Waals surface area contributed by atoms with E-state index in [0.29, 0.717) is 0 Å². The molecule has 27 heavy (non-hydrogen) atoms. The Hall–Kier alpha value is -3.20. The highest BCUT2D eigenvalue weighted by atomic mass is 16.5. The van der Waals surface area contributed by atoms with Crippen LogP contribution >= 0.6 is 0 Å². The fourth-order valence-electron chi connectivity index (χ4n) is 3.77. The van der Waals surface area contributed by atoms with Crippen LogP contribution in [-0.4, -0.2) is 12.1 Å². The van der Waals surface area contributed by atoms with E-state index in [1.165, 1.54) is 16.5 Å². The first-order valence-corrected chi connectivity index (χ1v) is 9.21. The molecule has 4 rings (SSSR count). The quantitative estimate of drug-likeness (QED) is 0.460. The second-order valence-corrected chi connectivity index (χ2v) is 6.84. The lowest BCUT2D eigenvalue weighted by molar-refractivity contribution is 0.408. The van der Waals surface area contributed by atoms with E-state index in [0.717, 1.165) is 28.2 Å². The van der Waals surface area contributed by atoms with Crippen molar-refractivity contribution in [3.63, 3.8) is 0 Å².